The van der Waals surface area contributed by atoms with Crippen LogP contribution in [0.25, 0.3) is 0 Å². The monoisotopic (exact) mass is 485 g/mol. The minimum atomic E-state index is -0.313. The van der Waals surface area contributed by atoms with E-state index in [2.05, 4.69) is 5.32 Å². The van der Waals surface area contributed by atoms with Crippen LogP contribution in [-0.4, -0.2) is 31.7 Å². The molecule has 0 aliphatic carbocycles. The second-order valence-electron chi connectivity index (χ2n) is 7.54. The lowest BCUT2D eigenvalue weighted by atomic mass is 10.1. The van der Waals surface area contributed by atoms with Crippen LogP contribution in [0.3, 0.4) is 0 Å². The van der Waals surface area contributed by atoms with Gasteiger partial charge in [-0.25, -0.2) is 0 Å². The molecule has 1 aliphatic heterocycles. The van der Waals surface area contributed by atoms with Crippen molar-refractivity contribution < 1.29 is 9.59 Å². The smallest absolute Gasteiger partial charge is 0.257 e. The lowest BCUT2D eigenvalue weighted by Crippen LogP contribution is -2.27. The third-order valence-corrected chi connectivity index (χ3v) is 6.90. The largest absolute Gasteiger partial charge is 0.378 e. The Labute approximate surface area is 201 Å². The maximum Gasteiger partial charge on any atom is 0.257 e. The van der Waals surface area contributed by atoms with Crippen LogP contribution in [0.4, 0.5) is 17.1 Å². The summed E-state index contributed by atoms with van der Waals surface area (Å²) in [7, 11) is 3.96. The lowest BCUT2D eigenvalue weighted by Gasteiger charge is -2.25. The molecule has 0 spiro atoms. The van der Waals surface area contributed by atoms with Crippen LogP contribution in [0, 0.1) is 0 Å². The number of nitrogens with zero attached hydrogens (tertiary/aromatic N) is 2. The number of benzene rings is 3. The van der Waals surface area contributed by atoms with E-state index in [4.69, 9.17) is 23.2 Å². The fourth-order valence-corrected chi connectivity index (χ4v) is 5.14. The molecule has 3 aromatic rings. The summed E-state index contributed by atoms with van der Waals surface area (Å²) >= 11 is 13.6. The summed E-state index contributed by atoms with van der Waals surface area (Å²) in [4.78, 5) is 29.0. The van der Waals surface area contributed by atoms with Gasteiger partial charge >= 0.3 is 0 Å². The molecule has 1 atom stereocenters. The van der Waals surface area contributed by atoms with Crippen molar-refractivity contribution in [1.82, 2.24) is 0 Å². The predicted molar refractivity (Wildman–Crippen MR) is 134 cm³/mol. The first kappa shape index (κ1) is 22.5. The number of thioether (sulfide) groups is 1. The highest BCUT2D eigenvalue weighted by Gasteiger charge is 2.34. The Morgan fingerprint density at radius 2 is 1.72 bits per heavy atom. The topological polar surface area (TPSA) is 52.6 Å². The predicted octanol–water partition coefficient (Wildman–Crippen LogP) is 6.09. The van der Waals surface area contributed by atoms with Crippen LogP contribution < -0.4 is 15.1 Å². The van der Waals surface area contributed by atoms with E-state index in [-0.39, 0.29) is 17.2 Å². The molecule has 2 amide bonds. The molecule has 0 bridgehead atoms. The average molecular weight is 486 g/mol. The minimum Gasteiger partial charge on any atom is -0.378 e. The van der Waals surface area contributed by atoms with Gasteiger partial charge in [-0.05, 0) is 60.2 Å². The molecule has 1 fully saturated rings. The van der Waals surface area contributed by atoms with Crippen molar-refractivity contribution >= 4 is 63.8 Å². The van der Waals surface area contributed by atoms with Crippen LogP contribution in [0.15, 0.2) is 66.7 Å². The number of carbonyl (C=O) groups excluding carboxylic acids is 2. The van der Waals surface area contributed by atoms with Crippen LogP contribution in [0.2, 0.25) is 10.0 Å². The van der Waals surface area contributed by atoms with Gasteiger partial charge in [-0.2, -0.15) is 0 Å². The molecule has 8 heteroatoms. The third-order valence-electron chi connectivity index (χ3n) is 5.14. The van der Waals surface area contributed by atoms with Gasteiger partial charge < -0.3 is 10.2 Å². The van der Waals surface area contributed by atoms with E-state index in [1.54, 1.807) is 23.9 Å². The second-order valence-corrected chi connectivity index (χ2v) is 9.45. The first-order valence-electron chi connectivity index (χ1n) is 9.91. The summed E-state index contributed by atoms with van der Waals surface area (Å²) in [6.07, 6.45) is 0. The molecule has 0 saturated carbocycles. The van der Waals surface area contributed by atoms with Gasteiger partial charge in [-0.1, -0.05) is 35.3 Å². The summed E-state index contributed by atoms with van der Waals surface area (Å²) in [5, 5.41) is 3.49. The van der Waals surface area contributed by atoms with E-state index in [1.165, 1.54) is 6.07 Å². The molecular weight excluding hydrogens is 465 g/mol. The SMILES string of the molecule is CN(C)c1ccc(N2C(=O)CS[C@H]2c2ccc(NC(=O)c3ccc(Cl)cc3Cl)cc2)cc1. The fourth-order valence-electron chi connectivity index (χ4n) is 3.46. The molecule has 164 valence electrons. The normalized spacial score (nSPS) is 15.7. The molecule has 0 unspecified atom stereocenters. The molecule has 32 heavy (non-hydrogen) atoms. The van der Waals surface area contributed by atoms with Gasteiger partial charge in [0.1, 0.15) is 5.37 Å². The van der Waals surface area contributed by atoms with Crippen molar-refractivity contribution in [2.45, 2.75) is 5.37 Å². The Morgan fingerprint density at radius 1 is 1.03 bits per heavy atom. The van der Waals surface area contributed by atoms with E-state index in [9.17, 15) is 9.59 Å². The zero-order valence-electron chi connectivity index (χ0n) is 17.5. The van der Waals surface area contributed by atoms with Gasteiger partial charge in [0.2, 0.25) is 5.91 Å². The van der Waals surface area contributed by atoms with Crippen molar-refractivity contribution in [2.75, 3.05) is 35.0 Å². The highest BCUT2D eigenvalue weighted by Crippen LogP contribution is 2.42. The third kappa shape index (κ3) is 4.72. The van der Waals surface area contributed by atoms with Gasteiger partial charge in [-0.15, -0.1) is 11.8 Å². The molecule has 3 aromatic carbocycles. The summed E-state index contributed by atoms with van der Waals surface area (Å²) in [6, 6.07) is 20.2. The lowest BCUT2D eigenvalue weighted by molar-refractivity contribution is -0.115. The highest BCUT2D eigenvalue weighted by molar-refractivity contribution is 8.00. The van der Waals surface area contributed by atoms with Crippen molar-refractivity contribution in [3.05, 3.63) is 87.9 Å². The average Bonchev–Trinajstić information content (AvgIpc) is 3.15. The molecule has 0 aromatic heterocycles. The zero-order chi connectivity index (χ0) is 22.8. The van der Waals surface area contributed by atoms with Crippen molar-refractivity contribution in [3.63, 3.8) is 0 Å². The molecular formula is C24H21Cl2N3O2S. The molecule has 4 rings (SSSR count). The standard InChI is InChI=1S/C24H21Cl2N3O2S/c1-28(2)18-8-10-19(11-9-18)29-22(30)14-32-24(29)15-3-6-17(7-4-15)27-23(31)20-12-5-16(25)13-21(20)26/h3-13,24H,14H2,1-2H3,(H,27,31)/t24-/m0/s1. The number of carbonyl (C=O) groups is 2. The number of halogens is 2. The Kier molecular flexibility index (Phi) is 6.65. The summed E-state index contributed by atoms with van der Waals surface area (Å²) in [5.74, 6) is 0.188. The second kappa shape index (κ2) is 9.45. The molecule has 1 N–H and O–H groups in total. The zero-order valence-corrected chi connectivity index (χ0v) is 19.8. The van der Waals surface area contributed by atoms with E-state index in [0.717, 1.165) is 16.9 Å². The van der Waals surface area contributed by atoms with Crippen LogP contribution in [0.1, 0.15) is 21.3 Å². The number of hydrogen-bond acceptors (Lipinski definition) is 4. The first-order valence-corrected chi connectivity index (χ1v) is 11.7. The maximum absolute atomic E-state index is 12.6. The van der Waals surface area contributed by atoms with Gasteiger partial charge in [0, 0.05) is 36.2 Å². The Bertz CT molecular complexity index is 1150. The molecule has 5 nitrogen and oxygen atoms in total. The first-order chi connectivity index (χ1) is 15.3. The Hall–Kier alpha value is -2.67. The highest BCUT2D eigenvalue weighted by atomic mass is 35.5. The van der Waals surface area contributed by atoms with Crippen molar-refractivity contribution in [3.8, 4) is 0 Å². The number of anilines is 3. The van der Waals surface area contributed by atoms with Crippen LogP contribution in [-0.2, 0) is 4.79 Å². The number of rotatable bonds is 5. The Morgan fingerprint density at radius 3 is 2.34 bits per heavy atom. The Balaban J connectivity index is 1.51. The van der Waals surface area contributed by atoms with Gasteiger partial charge in [-0.3, -0.25) is 14.5 Å². The molecule has 1 heterocycles. The summed E-state index contributed by atoms with van der Waals surface area (Å²) < 4.78 is 0. The van der Waals surface area contributed by atoms with Crippen molar-refractivity contribution in [1.29, 1.82) is 0 Å². The molecule has 1 saturated heterocycles. The molecule has 1 aliphatic rings. The number of nitrogens with one attached hydrogen (secondary N) is 1. The van der Waals surface area contributed by atoms with E-state index in [0.29, 0.717) is 27.0 Å². The van der Waals surface area contributed by atoms with E-state index < -0.39 is 0 Å². The quantitative estimate of drug-likeness (QED) is 0.474. The van der Waals surface area contributed by atoms with Gasteiger partial charge in [0.05, 0.1) is 16.3 Å². The minimum absolute atomic E-state index is 0.0763. The number of amides is 2. The van der Waals surface area contributed by atoms with E-state index in [1.807, 2.05) is 72.4 Å². The van der Waals surface area contributed by atoms with Crippen molar-refractivity contribution in [2.24, 2.45) is 0 Å². The van der Waals surface area contributed by atoms with Crippen LogP contribution >= 0.6 is 35.0 Å². The number of hydrogen-bond donors (Lipinski definition) is 1. The van der Waals surface area contributed by atoms with Gasteiger partial charge in [0.25, 0.3) is 5.91 Å². The van der Waals surface area contributed by atoms with E-state index >= 15 is 0 Å². The summed E-state index contributed by atoms with van der Waals surface area (Å²) in [6.45, 7) is 0. The maximum atomic E-state index is 12.6. The molecule has 0 radical (unpaired) electrons. The van der Waals surface area contributed by atoms with Gasteiger partial charge in [0.15, 0.2) is 0 Å². The summed E-state index contributed by atoms with van der Waals surface area (Å²) in [5.41, 5.74) is 3.92. The van der Waals surface area contributed by atoms with Crippen LogP contribution in [0.5, 0.6) is 0 Å². The fraction of sp³-hybridized carbons (Fsp3) is 0.167.